The van der Waals surface area contributed by atoms with E-state index in [1.807, 2.05) is 54.6 Å². The van der Waals surface area contributed by atoms with Gasteiger partial charge in [0.2, 0.25) is 0 Å². The third-order valence-corrected chi connectivity index (χ3v) is 3.75. The van der Waals surface area contributed by atoms with Crippen LogP contribution < -0.4 is 4.74 Å². The molecule has 2 aromatic carbocycles. The third kappa shape index (κ3) is 4.64. The number of benzene rings is 2. The number of ether oxygens (including phenoxy) is 1. The molecule has 1 N–H and O–H groups in total. The Balaban J connectivity index is 1.55. The molecule has 0 aromatic heterocycles. The van der Waals surface area contributed by atoms with Crippen LogP contribution in [0.5, 0.6) is 11.5 Å². The minimum atomic E-state index is -0.483. The number of aliphatic imine (C=N–C) groups is 1. The van der Waals surface area contributed by atoms with Gasteiger partial charge in [0.05, 0.1) is 6.10 Å². The summed E-state index contributed by atoms with van der Waals surface area (Å²) in [4.78, 5) is 14.9. The van der Waals surface area contributed by atoms with Crippen LogP contribution in [0.1, 0.15) is 18.4 Å². The standard InChI is InChI=1S/C20H19NO3/c22-17(11-9-16-10-12-20(23)21-16)13-15-5-4-8-19(14-15)24-18-6-2-1-3-7-18/h1-8,10,12,14,17,22H,9,11,13H2. The van der Waals surface area contributed by atoms with Crippen molar-refractivity contribution in [1.29, 1.82) is 0 Å². The Bertz CT molecular complexity index is 765. The molecule has 1 aliphatic rings. The van der Waals surface area contributed by atoms with Crippen molar-refractivity contribution in [3.05, 3.63) is 72.3 Å². The topological polar surface area (TPSA) is 58.9 Å². The van der Waals surface area contributed by atoms with E-state index in [0.717, 1.165) is 22.8 Å². The van der Waals surface area contributed by atoms with E-state index in [-0.39, 0.29) is 5.91 Å². The Labute approximate surface area is 141 Å². The zero-order chi connectivity index (χ0) is 16.8. The Morgan fingerprint density at radius 1 is 1.00 bits per heavy atom. The summed E-state index contributed by atoms with van der Waals surface area (Å²) in [6, 6.07) is 17.3. The van der Waals surface area contributed by atoms with Crippen LogP contribution in [0.2, 0.25) is 0 Å². The van der Waals surface area contributed by atoms with Crippen molar-refractivity contribution >= 4 is 11.6 Å². The van der Waals surface area contributed by atoms with E-state index in [1.54, 1.807) is 6.08 Å². The van der Waals surface area contributed by atoms with E-state index in [9.17, 15) is 9.90 Å². The smallest absolute Gasteiger partial charge is 0.269 e. The number of amides is 1. The maximum Gasteiger partial charge on any atom is 0.269 e. The van der Waals surface area contributed by atoms with Gasteiger partial charge in [0.15, 0.2) is 0 Å². The Kier molecular flexibility index (Phi) is 5.18. The second kappa shape index (κ2) is 7.70. The van der Waals surface area contributed by atoms with E-state index in [0.29, 0.717) is 19.3 Å². The number of hydrogen-bond acceptors (Lipinski definition) is 3. The number of para-hydroxylation sites is 1. The van der Waals surface area contributed by atoms with Crippen LogP contribution in [0, 0.1) is 0 Å². The normalized spacial score (nSPS) is 14.5. The third-order valence-electron chi connectivity index (χ3n) is 3.75. The summed E-state index contributed by atoms with van der Waals surface area (Å²) in [5, 5.41) is 10.2. The van der Waals surface area contributed by atoms with Gasteiger partial charge in [0.25, 0.3) is 5.91 Å². The molecule has 3 rings (SSSR count). The van der Waals surface area contributed by atoms with E-state index >= 15 is 0 Å². The summed E-state index contributed by atoms with van der Waals surface area (Å²) in [7, 11) is 0. The van der Waals surface area contributed by atoms with Crippen LogP contribution in [0.15, 0.2) is 71.7 Å². The molecule has 1 atom stereocenters. The summed E-state index contributed by atoms with van der Waals surface area (Å²) in [6.07, 6.45) is 4.39. The fourth-order valence-corrected chi connectivity index (χ4v) is 2.57. The second-order valence-electron chi connectivity index (χ2n) is 5.73. The molecular weight excluding hydrogens is 302 g/mol. The Hall–Kier alpha value is -2.72. The number of aliphatic hydroxyl groups is 1. The van der Waals surface area contributed by atoms with Gasteiger partial charge in [-0.25, -0.2) is 4.99 Å². The molecule has 1 heterocycles. The van der Waals surface area contributed by atoms with Gasteiger partial charge in [-0.3, -0.25) is 4.79 Å². The van der Waals surface area contributed by atoms with Crippen LogP contribution in [0.4, 0.5) is 0 Å². The molecule has 4 nitrogen and oxygen atoms in total. The number of carbonyl (C=O) groups is 1. The van der Waals surface area contributed by atoms with Crippen LogP contribution in [-0.4, -0.2) is 22.8 Å². The average Bonchev–Trinajstić information content (AvgIpc) is 3.00. The Morgan fingerprint density at radius 2 is 1.79 bits per heavy atom. The number of allylic oxidation sites excluding steroid dienone is 1. The minimum absolute atomic E-state index is 0.217. The molecule has 0 spiro atoms. The average molecular weight is 321 g/mol. The van der Waals surface area contributed by atoms with Crippen molar-refractivity contribution in [2.24, 2.45) is 4.99 Å². The van der Waals surface area contributed by atoms with Gasteiger partial charge in [-0.2, -0.15) is 0 Å². The summed E-state index contributed by atoms with van der Waals surface area (Å²) < 4.78 is 5.81. The summed E-state index contributed by atoms with van der Waals surface area (Å²) in [5.41, 5.74) is 1.75. The highest BCUT2D eigenvalue weighted by Crippen LogP contribution is 2.22. The van der Waals surface area contributed by atoms with Gasteiger partial charge in [-0.05, 0) is 55.2 Å². The molecule has 2 aromatic rings. The SMILES string of the molecule is O=C1C=CC(CCC(O)Cc2cccc(Oc3ccccc3)c2)=N1. The first-order valence-electron chi connectivity index (χ1n) is 7.98. The molecule has 0 saturated heterocycles. The van der Waals surface area contributed by atoms with Gasteiger partial charge in [-0.1, -0.05) is 30.3 Å². The molecule has 122 valence electrons. The summed E-state index contributed by atoms with van der Waals surface area (Å²) >= 11 is 0. The monoisotopic (exact) mass is 321 g/mol. The number of carbonyl (C=O) groups excluding carboxylic acids is 1. The highest BCUT2D eigenvalue weighted by molar-refractivity contribution is 6.12. The molecule has 1 amide bonds. The largest absolute Gasteiger partial charge is 0.457 e. The van der Waals surface area contributed by atoms with E-state index in [4.69, 9.17) is 4.74 Å². The van der Waals surface area contributed by atoms with Crippen molar-refractivity contribution in [3.63, 3.8) is 0 Å². The first-order valence-corrected chi connectivity index (χ1v) is 7.98. The number of hydrogen-bond donors (Lipinski definition) is 1. The first kappa shape index (κ1) is 16.1. The van der Waals surface area contributed by atoms with Gasteiger partial charge >= 0.3 is 0 Å². The van der Waals surface area contributed by atoms with Crippen LogP contribution in [0.3, 0.4) is 0 Å². The van der Waals surface area contributed by atoms with Crippen molar-refractivity contribution in [2.75, 3.05) is 0 Å². The fourth-order valence-electron chi connectivity index (χ4n) is 2.57. The molecule has 1 unspecified atom stereocenters. The van der Waals surface area contributed by atoms with E-state index < -0.39 is 6.10 Å². The molecular formula is C20H19NO3. The minimum Gasteiger partial charge on any atom is -0.457 e. The predicted octanol–water partition coefficient (Wildman–Crippen LogP) is 3.70. The van der Waals surface area contributed by atoms with Gasteiger partial charge in [0.1, 0.15) is 11.5 Å². The predicted molar refractivity (Wildman–Crippen MR) is 93.5 cm³/mol. The van der Waals surface area contributed by atoms with Gasteiger partial charge in [0, 0.05) is 11.8 Å². The quantitative estimate of drug-likeness (QED) is 0.846. The zero-order valence-electron chi connectivity index (χ0n) is 13.3. The van der Waals surface area contributed by atoms with E-state index in [1.165, 1.54) is 6.08 Å². The van der Waals surface area contributed by atoms with Gasteiger partial charge in [-0.15, -0.1) is 0 Å². The lowest BCUT2D eigenvalue weighted by Crippen LogP contribution is -2.12. The number of nitrogens with zero attached hydrogens (tertiary/aromatic N) is 1. The Morgan fingerprint density at radius 3 is 2.54 bits per heavy atom. The number of rotatable bonds is 7. The van der Waals surface area contributed by atoms with E-state index in [2.05, 4.69) is 4.99 Å². The molecule has 0 bridgehead atoms. The van der Waals surface area contributed by atoms with Crippen molar-refractivity contribution < 1.29 is 14.6 Å². The van der Waals surface area contributed by atoms with Crippen molar-refractivity contribution in [2.45, 2.75) is 25.4 Å². The van der Waals surface area contributed by atoms with Crippen LogP contribution in [0.25, 0.3) is 0 Å². The highest BCUT2D eigenvalue weighted by Gasteiger charge is 2.11. The molecule has 0 fully saturated rings. The lowest BCUT2D eigenvalue weighted by Gasteiger charge is -2.12. The summed E-state index contributed by atoms with van der Waals surface area (Å²) in [5.74, 6) is 1.32. The second-order valence-corrected chi connectivity index (χ2v) is 5.73. The van der Waals surface area contributed by atoms with Crippen molar-refractivity contribution in [1.82, 2.24) is 0 Å². The fraction of sp³-hybridized carbons (Fsp3) is 0.200. The molecule has 0 radical (unpaired) electrons. The highest BCUT2D eigenvalue weighted by atomic mass is 16.5. The first-order chi connectivity index (χ1) is 11.7. The maximum absolute atomic E-state index is 11.0. The zero-order valence-corrected chi connectivity index (χ0v) is 13.3. The molecule has 1 aliphatic heterocycles. The van der Waals surface area contributed by atoms with Crippen LogP contribution >= 0.6 is 0 Å². The molecule has 0 saturated carbocycles. The molecule has 0 aliphatic carbocycles. The van der Waals surface area contributed by atoms with Crippen molar-refractivity contribution in [3.8, 4) is 11.5 Å². The lowest BCUT2D eigenvalue weighted by molar-refractivity contribution is -0.113. The maximum atomic E-state index is 11.0. The molecule has 4 heteroatoms. The van der Waals surface area contributed by atoms with Crippen LogP contribution in [-0.2, 0) is 11.2 Å². The summed E-state index contributed by atoms with van der Waals surface area (Å²) in [6.45, 7) is 0. The lowest BCUT2D eigenvalue weighted by atomic mass is 10.0. The number of aliphatic hydroxyl groups excluding tert-OH is 1. The van der Waals surface area contributed by atoms with Gasteiger partial charge < -0.3 is 9.84 Å². The molecule has 24 heavy (non-hydrogen) atoms.